The van der Waals surface area contributed by atoms with Crippen molar-refractivity contribution in [3.05, 3.63) is 30.1 Å². The van der Waals surface area contributed by atoms with Gasteiger partial charge in [-0.15, -0.1) is 17.7 Å². The number of likely N-dealkylation sites (tertiary alicyclic amines) is 1. The molecule has 4 rings (SSSR count). The van der Waals surface area contributed by atoms with Gasteiger partial charge in [-0.1, -0.05) is 6.92 Å². The summed E-state index contributed by atoms with van der Waals surface area (Å²) >= 11 is 4.50. The topological polar surface area (TPSA) is 70.7 Å². The van der Waals surface area contributed by atoms with E-state index in [1.807, 2.05) is 39.0 Å². The molecule has 1 saturated heterocycles. The molecule has 0 aliphatic carbocycles. The Kier molecular flexibility index (Phi) is 8.37. The Morgan fingerprint density at radius 3 is 2.54 bits per heavy atom. The Balaban J connectivity index is 0.000000623. The van der Waals surface area contributed by atoms with E-state index < -0.39 is 18.4 Å². The molecule has 1 aliphatic heterocycles. The van der Waals surface area contributed by atoms with Crippen LogP contribution in [0.1, 0.15) is 32.9 Å². The highest BCUT2D eigenvalue weighted by Gasteiger charge is 2.47. The molecule has 12 heteroatoms. The molecule has 1 N–H and O–H groups in total. The minimum absolute atomic E-state index is 0.0278. The lowest BCUT2D eigenvalue weighted by molar-refractivity contribution is 0.00584. The van der Waals surface area contributed by atoms with Gasteiger partial charge in [0.25, 0.3) is 5.92 Å². The van der Waals surface area contributed by atoms with Gasteiger partial charge in [-0.25, -0.2) is 27.1 Å². The summed E-state index contributed by atoms with van der Waals surface area (Å²) in [5, 5.41) is 7.70. The van der Waals surface area contributed by atoms with Crippen LogP contribution in [-0.4, -0.2) is 68.7 Å². The minimum Gasteiger partial charge on any atom is -0.343 e. The van der Waals surface area contributed by atoms with Gasteiger partial charge in [0.15, 0.2) is 0 Å². The highest BCUT2D eigenvalue weighted by atomic mass is 32.1. The molecule has 0 spiro atoms. The van der Waals surface area contributed by atoms with E-state index in [9.17, 15) is 17.6 Å². The average Bonchev–Trinajstić information content (AvgIpc) is 3.23. The molecular formula is C23H29F4N7S. The highest BCUT2D eigenvalue weighted by Crippen LogP contribution is 2.31. The molecule has 1 aliphatic rings. The fraction of sp³-hybridized carbons (Fsp3) is 0.478. The molecule has 190 valence electrons. The van der Waals surface area contributed by atoms with E-state index in [0.717, 1.165) is 28.4 Å². The number of thiol groups is 1. The third-order valence-corrected chi connectivity index (χ3v) is 5.59. The van der Waals surface area contributed by atoms with E-state index in [-0.39, 0.29) is 25.5 Å². The number of hydrogen-bond donors (Lipinski definition) is 2. The van der Waals surface area contributed by atoms with Crippen LogP contribution in [0.4, 0.5) is 29.2 Å². The number of aryl methyl sites for hydroxylation is 1. The van der Waals surface area contributed by atoms with Crippen molar-refractivity contribution in [3.8, 4) is 11.3 Å². The summed E-state index contributed by atoms with van der Waals surface area (Å²) < 4.78 is 51.3. The summed E-state index contributed by atoms with van der Waals surface area (Å²) in [5.74, 6) is -2.71. The third-order valence-electron chi connectivity index (χ3n) is 5.27. The number of halogens is 4. The molecule has 0 amide bonds. The number of aliphatic imine (C=N–C) groups is 1. The van der Waals surface area contributed by atoms with Crippen LogP contribution in [0.25, 0.3) is 16.8 Å². The summed E-state index contributed by atoms with van der Waals surface area (Å²) in [6.07, 6.45) is -0.546. The van der Waals surface area contributed by atoms with Crippen molar-refractivity contribution < 1.29 is 17.6 Å². The van der Waals surface area contributed by atoms with Gasteiger partial charge >= 0.3 is 0 Å². The van der Waals surface area contributed by atoms with Gasteiger partial charge in [-0.3, -0.25) is 14.9 Å². The quantitative estimate of drug-likeness (QED) is 0.268. The number of likely N-dealkylation sites (N-methyl/N-ethyl adjacent to an activating group) is 1. The van der Waals surface area contributed by atoms with Gasteiger partial charge in [-0.05, 0) is 46.0 Å². The summed E-state index contributed by atoms with van der Waals surface area (Å²) in [6, 6.07) is 4.60. The largest absolute Gasteiger partial charge is 0.343 e. The van der Waals surface area contributed by atoms with Crippen molar-refractivity contribution >= 4 is 35.5 Å². The standard InChI is InChI=1S/C20H23F2N7S.C3H6F2/c1-11(2)24-14-5-6-15(25-12(14)3)13-7-18(30)29-16(13)8-23-19(27-29)26-17-9-28(4)10-20(17,21)22;1-2-3(4)5/h5-8,17,30H,9-10H2,1-4H3,(H,26,27);3H,2H2,1H3. The number of hydrogen-bond acceptors (Lipinski definition) is 7. The van der Waals surface area contributed by atoms with Gasteiger partial charge in [0.05, 0.1) is 40.4 Å². The zero-order valence-electron chi connectivity index (χ0n) is 20.2. The van der Waals surface area contributed by atoms with E-state index in [1.165, 1.54) is 6.92 Å². The first-order valence-corrected chi connectivity index (χ1v) is 11.5. The molecule has 0 radical (unpaired) electrons. The molecule has 1 unspecified atom stereocenters. The number of alkyl halides is 4. The number of nitrogens with zero attached hydrogens (tertiary/aromatic N) is 6. The van der Waals surface area contributed by atoms with Gasteiger partial charge < -0.3 is 5.32 Å². The zero-order valence-corrected chi connectivity index (χ0v) is 21.1. The maximum absolute atomic E-state index is 14.1. The van der Waals surface area contributed by atoms with Crippen LogP contribution < -0.4 is 5.32 Å². The minimum atomic E-state index is -2.85. The zero-order chi connectivity index (χ0) is 25.9. The van der Waals surface area contributed by atoms with Crippen LogP contribution in [0, 0.1) is 6.92 Å². The number of fused-ring (bicyclic) bond motifs is 1. The lowest BCUT2D eigenvalue weighted by Gasteiger charge is -2.18. The first-order chi connectivity index (χ1) is 16.4. The molecule has 0 aromatic carbocycles. The monoisotopic (exact) mass is 511 g/mol. The molecule has 7 nitrogen and oxygen atoms in total. The Morgan fingerprint density at radius 2 is 2.00 bits per heavy atom. The molecule has 3 aromatic rings. The van der Waals surface area contributed by atoms with Crippen LogP contribution >= 0.6 is 12.6 Å². The molecule has 0 bridgehead atoms. The highest BCUT2D eigenvalue weighted by molar-refractivity contribution is 7.80. The lowest BCUT2D eigenvalue weighted by atomic mass is 10.1. The predicted octanol–water partition coefficient (Wildman–Crippen LogP) is 5.52. The van der Waals surface area contributed by atoms with E-state index in [0.29, 0.717) is 10.5 Å². The van der Waals surface area contributed by atoms with Crippen LogP contribution in [0.3, 0.4) is 0 Å². The van der Waals surface area contributed by atoms with Gasteiger partial charge in [0, 0.05) is 24.2 Å². The molecule has 35 heavy (non-hydrogen) atoms. The van der Waals surface area contributed by atoms with Crippen LogP contribution in [0.15, 0.2) is 34.4 Å². The third kappa shape index (κ3) is 6.49. The summed E-state index contributed by atoms with van der Waals surface area (Å²) in [5.41, 5.74) is 4.82. The summed E-state index contributed by atoms with van der Waals surface area (Å²) in [6.45, 7) is 7.15. The number of rotatable bonds is 5. The second-order valence-electron chi connectivity index (χ2n) is 8.61. The molecule has 3 aromatic heterocycles. The van der Waals surface area contributed by atoms with Crippen molar-refractivity contribution in [2.24, 2.45) is 4.99 Å². The second kappa shape index (κ2) is 10.9. The predicted molar refractivity (Wildman–Crippen MR) is 133 cm³/mol. The summed E-state index contributed by atoms with van der Waals surface area (Å²) in [7, 11) is 1.66. The Morgan fingerprint density at radius 1 is 1.31 bits per heavy atom. The Hall–Kier alpha value is -2.73. The van der Waals surface area contributed by atoms with Crippen molar-refractivity contribution in [3.63, 3.8) is 0 Å². The maximum Gasteiger partial charge on any atom is 0.281 e. The number of anilines is 1. The second-order valence-corrected chi connectivity index (χ2v) is 9.07. The van der Waals surface area contributed by atoms with Crippen LogP contribution in [0.2, 0.25) is 0 Å². The van der Waals surface area contributed by atoms with Crippen LogP contribution in [0.5, 0.6) is 0 Å². The van der Waals surface area contributed by atoms with E-state index in [1.54, 1.807) is 22.7 Å². The van der Waals surface area contributed by atoms with Gasteiger partial charge in [0.2, 0.25) is 12.4 Å². The number of aromatic nitrogens is 4. The van der Waals surface area contributed by atoms with Gasteiger partial charge in [-0.2, -0.15) is 0 Å². The summed E-state index contributed by atoms with van der Waals surface area (Å²) in [4.78, 5) is 15.0. The van der Waals surface area contributed by atoms with Crippen molar-refractivity contribution in [2.75, 3.05) is 25.5 Å². The fourth-order valence-corrected chi connectivity index (χ4v) is 3.88. The molecule has 4 heterocycles. The Labute approximate surface area is 207 Å². The van der Waals surface area contributed by atoms with Crippen molar-refractivity contribution in [1.82, 2.24) is 24.5 Å². The first-order valence-electron chi connectivity index (χ1n) is 11.1. The number of pyridine rings is 1. The van der Waals surface area contributed by atoms with Crippen molar-refractivity contribution in [1.29, 1.82) is 0 Å². The molecule has 1 atom stereocenters. The van der Waals surface area contributed by atoms with Crippen LogP contribution in [-0.2, 0) is 0 Å². The molecule has 0 saturated carbocycles. The maximum atomic E-state index is 14.1. The number of nitrogens with one attached hydrogen (secondary N) is 1. The Bertz CT molecular complexity index is 1210. The normalized spacial score (nSPS) is 17.4. The van der Waals surface area contributed by atoms with Gasteiger partial charge in [0.1, 0.15) is 6.04 Å². The SMILES string of the molecule is CC(C)=Nc1ccc(-c2cc(S)n3nc(NC4CN(C)CC4(F)F)ncc23)nc1C.CCC(F)F. The van der Waals surface area contributed by atoms with E-state index in [4.69, 9.17) is 0 Å². The van der Waals surface area contributed by atoms with E-state index in [2.05, 4.69) is 38.0 Å². The first kappa shape index (κ1) is 26.9. The fourth-order valence-electron chi connectivity index (χ4n) is 3.59. The molecular weight excluding hydrogens is 482 g/mol. The molecule has 1 fully saturated rings. The average molecular weight is 512 g/mol. The van der Waals surface area contributed by atoms with E-state index >= 15 is 0 Å². The lowest BCUT2D eigenvalue weighted by Crippen LogP contribution is -2.38. The smallest absolute Gasteiger partial charge is 0.281 e. The van der Waals surface area contributed by atoms with Crippen molar-refractivity contribution in [2.45, 2.75) is 57.5 Å².